The number of amides is 2. The monoisotopic (exact) mass is 436 g/mol. The highest BCUT2D eigenvalue weighted by Crippen LogP contribution is 2.20. The molecule has 0 aliphatic rings. The SMILES string of the molecule is CCCCCN(CCCCC)C(=O)C(Cc1c[nH]c2ccccc12)NC(=O)c1ccc[nH]1. The fourth-order valence-corrected chi connectivity index (χ4v) is 4.09. The standard InChI is InChI=1S/C26H36N4O2/c1-3-5-9-16-30(17-10-6-4-2)26(32)24(29-25(31)23-14-11-15-27-23)18-20-19-28-22-13-8-7-12-21(20)22/h7-8,11-15,19,24,27-28H,3-6,9-10,16-18H2,1-2H3,(H,29,31). The Kier molecular flexibility index (Phi) is 8.96. The number of nitrogens with zero attached hydrogens (tertiary/aromatic N) is 1. The summed E-state index contributed by atoms with van der Waals surface area (Å²) in [7, 11) is 0. The van der Waals surface area contributed by atoms with E-state index in [2.05, 4.69) is 35.2 Å². The lowest BCUT2D eigenvalue weighted by Crippen LogP contribution is -2.50. The van der Waals surface area contributed by atoms with Crippen LogP contribution in [0, 0.1) is 0 Å². The van der Waals surface area contributed by atoms with Gasteiger partial charge in [-0.15, -0.1) is 0 Å². The summed E-state index contributed by atoms with van der Waals surface area (Å²) in [6.07, 6.45) is 10.5. The third-order valence-corrected chi connectivity index (χ3v) is 5.92. The van der Waals surface area contributed by atoms with Gasteiger partial charge in [-0.3, -0.25) is 9.59 Å². The molecule has 172 valence electrons. The van der Waals surface area contributed by atoms with Gasteiger partial charge in [0.15, 0.2) is 0 Å². The molecule has 1 aromatic carbocycles. The average molecular weight is 437 g/mol. The highest BCUT2D eigenvalue weighted by Gasteiger charge is 2.27. The Bertz CT molecular complexity index is 967. The number of hydrogen-bond acceptors (Lipinski definition) is 2. The third-order valence-electron chi connectivity index (χ3n) is 5.92. The van der Waals surface area contributed by atoms with Crippen molar-refractivity contribution in [3.63, 3.8) is 0 Å². The summed E-state index contributed by atoms with van der Waals surface area (Å²) < 4.78 is 0. The molecule has 0 radical (unpaired) electrons. The Labute approximate surface area is 190 Å². The number of benzene rings is 1. The van der Waals surface area contributed by atoms with E-state index in [-0.39, 0.29) is 11.8 Å². The molecule has 1 unspecified atom stereocenters. The molecule has 0 aliphatic heterocycles. The molecule has 3 rings (SSSR count). The maximum atomic E-state index is 13.7. The predicted octanol–water partition coefficient (Wildman–Crippen LogP) is 5.05. The van der Waals surface area contributed by atoms with Crippen LogP contribution in [0.5, 0.6) is 0 Å². The zero-order valence-corrected chi connectivity index (χ0v) is 19.3. The summed E-state index contributed by atoms with van der Waals surface area (Å²) in [5.41, 5.74) is 2.53. The van der Waals surface area contributed by atoms with Crippen molar-refractivity contribution in [3.05, 3.63) is 60.0 Å². The molecule has 0 saturated carbocycles. The molecule has 0 spiro atoms. The minimum atomic E-state index is -0.617. The number of fused-ring (bicyclic) bond motifs is 1. The number of aromatic nitrogens is 2. The molecule has 32 heavy (non-hydrogen) atoms. The van der Waals surface area contributed by atoms with Gasteiger partial charge in [0.2, 0.25) is 5.91 Å². The van der Waals surface area contributed by atoms with Crippen molar-refractivity contribution in [2.24, 2.45) is 0 Å². The average Bonchev–Trinajstić information content (AvgIpc) is 3.48. The van der Waals surface area contributed by atoms with E-state index in [0.717, 1.165) is 68.1 Å². The van der Waals surface area contributed by atoms with Gasteiger partial charge in [-0.2, -0.15) is 0 Å². The Morgan fingerprint density at radius 1 is 0.938 bits per heavy atom. The summed E-state index contributed by atoms with van der Waals surface area (Å²) in [5, 5.41) is 4.09. The summed E-state index contributed by atoms with van der Waals surface area (Å²) >= 11 is 0. The van der Waals surface area contributed by atoms with Crippen molar-refractivity contribution in [1.82, 2.24) is 20.2 Å². The van der Waals surface area contributed by atoms with Gasteiger partial charge >= 0.3 is 0 Å². The van der Waals surface area contributed by atoms with E-state index in [4.69, 9.17) is 0 Å². The largest absolute Gasteiger partial charge is 0.361 e. The Hall–Kier alpha value is -3.02. The number of H-pyrrole nitrogens is 2. The van der Waals surface area contributed by atoms with Crippen LogP contribution in [0.15, 0.2) is 48.8 Å². The smallest absolute Gasteiger partial charge is 0.268 e. The maximum absolute atomic E-state index is 13.7. The van der Waals surface area contributed by atoms with Crippen molar-refractivity contribution >= 4 is 22.7 Å². The first kappa shape index (κ1) is 23.6. The number of carbonyl (C=O) groups is 2. The van der Waals surface area contributed by atoms with Crippen LogP contribution in [0.25, 0.3) is 10.9 Å². The molecule has 2 amide bonds. The van der Waals surface area contributed by atoms with Crippen LogP contribution < -0.4 is 5.32 Å². The molecule has 6 nitrogen and oxygen atoms in total. The lowest BCUT2D eigenvalue weighted by Gasteiger charge is -2.28. The van der Waals surface area contributed by atoms with Crippen molar-refractivity contribution in [2.75, 3.05) is 13.1 Å². The van der Waals surface area contributed by atoms with E-state index in [1.54, 1.807) is 18.3 Å². The lowest BCUT2D eigenvalue weighted by atomic mass is 10.0. The van der Waals surface area contributed by atoms with Crippen molar-refractivity contribution in [3.8, 4) is 0 Å². The fraction of sp³-hybridized carbons (Fsp3) is 0.462. The van der Waals surface area contributed by atoms with Gasteiger partial charge in [0.1, 0.15) is 11.7 Å². The molecule has 0 bridgehead atoms. The topological polar surface area (TPSA) is 81.0 Å². The van der Waals surface area contributed by atoms with Gasteiger partial charge in [0, 0.05) is 42.8 Å². The first-order valence-electron chi connectivity index (χ1n) is 11.9. The van der Waals surface area contributed by atoms with Crippen molar-refractivity contribution < 1.29 is 9.59 Å². The quantitative estimate of drug-likeness (QED) is 0.328. The van der Waals surface area contributed by atoms with Crippen molar-refractivity contribution in [2.45, 2.75) is 64.8 Å². The predicted molar refractivity (Wildman–Crippen MR) is 130 cm³/mol. The number of carbonyl (C=O) groups excluding carboxylic acids is 2. The number of rotatable bonds is 13. The number of para-hydroxylation sites is 1. The molecular formula is C26H36N4O2. The van der Waals surface area contributed by atoms with E-state index in [0.29, 0.717) is 12.1 Å². The van der Waals surface area contributed by atoms with Gasteiger partial charge in [-0.25, -0.2) is 0 Å². The first-order chi connectivity index (χ1) is 15.6. The van der Waals surface area contributed by atoms with E-state index in [1.807, 2.05) is 29.3 Å². The van der Waals surface area contributed by atoms with Crippen LogP contribution in [-0.4, -0.2) is 45.8 Å². The van der Waals surface area contributed by atoms with Gasteiger partial charge in [0.05, 0.1) is 0 Å². The number of nitrogens with one attached hydrogen (secondary N) is 3. The minimum Gasteiger partial charge on any atom is -0.361 e. The van der Waals surface area contributed by atoms with E-state index < -0.39 is 6.04 Å². The first-order valence-corrected chi connectivity index (χ1v) is 11.9. The molecule has 0 saturated heterocycles. The molecule has 2 aromatic heterocycles. The van der Waals surface area contributed by atoms with Gasteiger partial charge in [-0.05, 0) is 36.6 Å². The van der Waals surface area contributed by atoms with Crippen molar-refractivity contribution in [1.29, 1.82) is 0 Å². The maximum Gasteiger partial charge on any atom is 0.268 e. The lowest BCUT2D eigenvalue weighted by molar-refractivity contribution is -0.133. The highest BCUT2D eigenvalue weighted by atomic mass is 16.2. The van der Waals surface area contributed by atoms with Crippen LogP contribution in [0.3, 0.4) is 0 Å². The molecule has 2 heterocycles. The second kappa shape index (κ2) is 12.1. The normalized spacial score (nSPS) is 12.1. The molecule has 6 heteroatoms. The van der Waals surface area contributed by atoms with Crippen LogP contribution in [0.2, 0.25) is 0 Å². The van der Waals surface area contributed by atoms with Gasteiger partial charge in [-0.1, -0.05) is 57.7 Å². The summed E-state index contributed by atoms with van der Waals surface area (Å²) in [6.45, 7) is 5.80. The zero-order valence-electron chi connectivity index (χ0n) is 19.3. The fourth-order valence-electron chi connectivity index (χ4n) is 4.09. The van der Waals surface area contributed by atoms with E-state index in [1.165, 1.54) is 0 Å². The molecule has 0 aliphatic carbocycles. The Morgan fingerprint density at radius 2 is 1.66 bits per heavy atom. The molecule has 1 atom stereocenters. The Morgan fingerprint density at radius 3 is 2.31 bits per heavy atom. The van der Waals surface area contributed by atoms with Gasteiger partial charge in [0.25, 0.3) is 5.91 Å². The summed E-state index contributed by atoms with van der Waals surface area (Å²) in [6, 6.07) is 11.0. The summed E-state index contributed by atoms with van der Waals surface area (Å²) in [4.78, 5) is 34.7. The third kappa shape index (κ3) is 6.25. The van der Waals surface area contributed by atoms with E-state index >= 15 is 0 Å². The van der Waals surface area contributed by atoms with Crippen LogP contribution >= 0.6 is 0 Å². The second-order valence-corrected chi connectivity index (χ2v) is 8.41. The molecule has 3 aromatic rings. The van der Waals surface area contributed by atoms with Crippen LogP contribution in [0.1, 0.15) is 68.4 Å². The number of unbranched alkanes of at least 4 members (excludes halogenated alkanes) is 4. The highest BCUT2D eigenvalue weighted by molar-refractivity contribution is 5.96. The molecular weight excluding hydrogens is 400 g/mol. The molecule has 0 fully saturated rings. The van der Waals surface area contributed by atoms with Crippen LogP contribution in [0.4, 0.5) is 0 Å². The Balaban J connectivity index is 1.82. The molecule has 3 N–H and O–H groups in total. The van der Waals surface area contributed by atoms with Crippen LogP contribution in [-0.2, 0) is 11.2 Å². The minimum absolute atomic E-state index is 0.00222. The van der Waals surface area contributed by atoms with E-state index in [9.17, 15) is 9.59 Å². The second-order valence-electron chi connectivity index (χ2n) is 8.41. The number of aromatic amines is 2. The van der Waals surface area contributed by atoms with Gasteiger partial charge < -0.3 is 20.2 Å². The number of hydrogen-bond donors (Lipinski definition) is 3. The summed E-state index contributed by atoms with van der Waals surface area (Å²) in [5.74, 6) is -0.252. The zero-order chi connectivity index (χ0) is 22.8.